The maximum Gasteiger partial charge on any atom is 0.224 e. The van der Waals surface area contributed by atoms with Gasteiger partial charge >= 0.3 is 0 Å². The van der Waals surface area contributed by atoms with Crippen LogP contribution < -0.4 is 11.1 Å². The maximum absolute atomic E-state index is 12.8. The predicted octanol–water partition coefficient (Wildman–Crippen LogP) is 1.82. The number of anilines is 3. The summed E-state index contributed by atoms with van der Waals surface area (Å²) in [5.41, 5.74) is 6.85. The van der Waals surface area contributed by atoms with Crippen molar-refractivity contribution in [2.75, 3.05) is 11.1 Å². The molecule has 0 saturated heterocycles. The van der Waals surface area contributed by atoms with Gasteiger partial charge < -0.3 is 11.1 Å². The molecule has 90 valence electrons. The quantitative estimate of drug-likeness (QED) is 0.639. The Balaban J connectivity index is 2.03. The van der Waals surface area contributed by atoms with Crippen molar-refractivity contribution in [3.05, 3.63) is 36.3 Å². The summed E-state index contributed by atoms with van der Waals surface area (Å²) < 4.78 is 12.8. The van der Waals surface area contributed by atoms with Gasteiger partial charge in [-0.1, -0.05) is 0 Å². The molecule has 3 rings (SSSR count). The van der Waals surface area contributed by atoms with Crippen molar-refractivity contribution in [1.82, 2.24) is 20.2 Å². The largest absolute Gasteiger partial charge is 0.368 e. The summed E-state index contributed by atoms with van der Waals surface area (Å²) in [6.07, 6.45) is 1.60. The summed E-state index contributed by atoms with van der Waals surface area (Å²) in [6.45, 7) is 0. The third kappa shape index (κ3) is 1.81. The van der Waals surface area contributed by atoms with Gasteiger partial charge in [0, 0.05) is 5.69 Å². The standard InChI is InChI=1S/C11H9FN6/c12-6-1-3-7(4-2-6)15-9-8-5-14-18-10(8)17-11(13)16-9/h1-5H,(H4,13,14,15,16,17,18). The molecule has 7 heteroatoms. The number of benzene rings is 1. The van der Waals surface area contributed by atoms with E-state index in [9.17, 15) is 4.39 Å². The van der Waals surface area contributed by atoms with Gasteiger partial charge in [-0.3, -0.25) is 5.10 Å². The smallest absolute Gasteiger partial charge is 0.224 e. The van der Waals surface area contributed by atoms with Crippen LogP contribution in [0.25, 0.3) is 11.0 Å². The number of aromatic amines is 1. The maximum atomic E-state index is 12.8. The molecule has 0 atom stereocenters. The highest BCUT2D eigenvalue weighted by Gasteiger charge is 2.08. The lowest BCUT2D eigenvalue weighted by atomic mass is 10.3. The first kappa shape index (κ1) is 10.5. The number of hydrogen-bond acceptors (Lipinski definition) is 5. The molecule has 18 heavy (non-hydrogen) atoms. The van der Waals surface area contributed by atoms with Crippen molar-refractivity contribution in [2.24, 2.45) is 0 Å². The summed E-state index contributed by atoms with van der Waals surface area (Å²) in [4.78, 5) is 8.09. The Labute approximate surface area is 101 Å². The number of nitrogen functional groups attached to an aromatic ring is 1. The van der Waals surface area contributed by atoms with Crippen molar-refractivity contribution in [3.63, 3.8) is 0 Å². The highest BCUT2D eigenvalue weighted by Crippen LogP contribution is 2.22. The number of nitrogens with zero attached hydrogens (tertiary/aromatic N) is 3. The summed E-state index contributed by atoms with van der Waals surface area (Å²) >= 11 is 0. The van der Waals surface area contributed by atoms with Crippen molar-refractivity contribution < 1.29 is 4.39 Å². The Morgan fingerprint density at radius 3 is 2.72 bits per heavy atom. The van der Waals surface area contributed by atoms with Gasteiger partial charge in [-0.05, 0) is 24.3 Å². The van der Waals surface area contributed by atoms with E-state index in [1.165, 1.54) is 12.1 Å². The first-order valence-electron chi connectivity index (χ1n) is 5.21. The Bertz CT molecular complexity index is 690. The van der Waals surface area contributed by atoms with Crippen LogP contribution in [0.3, 0.4) is 0 Å². The second-order valence-electron chi connectivity index (χ2n) is 3.69. The minimum Gasteiger partial charge on any atom is -0.368 e. The van der Waals surface area contributed by atoms with Gasteiger partial charge in [0.15, 0.2) is 5.65 Å². The lowest BCUT2D eigenvalue weighted by molar-refractivity contribution is 0.628. The Morgan fingerprint density at radius 2 is 1.94 bits per heavy atom. The van der Waals surface area contributed by atoms with E-state index in [2.05, 4.69) is 25.5 Å². The average Bonchev–Trinajstić information content (AvgIpc) is 2.80. The first-order valence-corrected chi connectivity index (χ1v) is 5.21. The lowest BCUT2D eigenvalue weighted by Gasteiger charge is -2.06. The molecule has 2 heterocycles. The number of nitrogens with one attached hydrogen (secondary N) is 2. The van der Waals surface area contributed by atoms with E-state index in [1.807, 2.05) is 0 Å². The Hall–Kier alpha value is -2.70. The number of halogens is 1. The van der Waals surface area contributed by atoms with Crippen LogP contribution >= 0.6 is 0 Å². The van der Waals surface area contributed by atoms with E-state index in [-0.39, 0.29) is 11.8 Å². The van der Waals surface area contributed by atoms with Gasteiger partial charge in [0.05, 0.1) is 11.6 Å². The zero-order valence-corrected chi connectivity index (χ0v) is 9.18. The van der Waals surface area contributed by atoms with E-state index >= 15 is 0 Å². The molecule has 3 aromatic rings. The molecule has 0 unspecified atom stereocenters. The van der Waals surface area contributed by atoms with Crippen LogP contribution in [0.2, 0.25) is 0 Å². The molecule has 4 N–H and O–H groups in total. The molecule has 1 aromatic carbocycles. The predicted molar refractivity (Wildman–Crippen MR) is 65.8 cm³/mol. The van der Waals surface area contributed by atoms with Gasteiger partial charge in [-0.25, -0.2) is 4.39 Å². The number of H-pyrrole nitrogens is 1. The van der Waals surface area contributed by atoms with Crippen LogP contribution in [-0.2, 0) is 0 Å². The zero-order chi connectivity index (χ0) is 12.5. The molecule has 0 aliphatic rings. The second-order valence-corrected chi connectivity index (χ2v) is 3.69. The number of aromatic nitrogens is 4. The molecule has 0 radical (unpaired) electrons. The minimum atomic E-state index is -0.295. The zero-order valence-electron chi connectivity index (χ0n) is 9.18. The van der Waals surface area contributed by atoms with E-state index in [0.29, 0.717) is 22.5 Å². The molecule has 0 aliphatic carbocycles. The highest BCUT2D eigenvalue weighted by atomic mass is 19.1. The Morgan fingerprint density at radius 1 is 1.17 bits per heavy atom. The van der Waals surface area contributed by atoms with Crippen LogP contribution in [0.5, 0.6) is 0 Å². The SMILES string of the molecule is Nc1nc(Nc2ccc(F)cc2)c2cn[nH]c2n1. The van der Waals surface area contributed by atoms with Crippen LogP contribution in [-0.4, -0.2) is 20.2 Å². The first-order chi connectivity index (χ1) is 8.72. The van der Waals surface area contributed by atoms with Gasteiger partial charge in [-0.15, -0.1) is 0 Å². The van der Waals surface area contributed by atoms with Crippen molar-refractivity contribution in [3.8, 4) is 0 Å². The van der Waals surface area contributed by atoms with Crippen LogP contribution in [0.4, 0.5) is 21.8 Å². The fourth-order valence-electron chi connectivity index (χ4n) is 1.62. The van der Waals surface area contributed by atoms with Crippen molar-refractivity contribution >= 4 is 28.5 Å². The summed E-state index contributed by atoms with van der Waals surface area (Å²) in [5.74, 6) is 0.366. The van der Waals surface area contributed by atoms with E-state index in [1.54, 1.807) is 18.3 Å². The van der Waals surface area contributed by atoms with Crippen molar-refractivity contribution in [1.29, 1.82) is 0 Å². The highest BCUT2D eigenvalue weighted by molar-refractivity contribution is 5.88. The molecule has 6 nitrogen and oxygen atoms in total. The van der Waals surface area contributed by atoms with Crippen LogP contribution in [0, 0.1) is 5.82 Å². The van der Waals surface area contributed by atoms with Gasteiger partial charge in [-0.2, -0.15) is 15.1 Å². The fraction of sp³-hybridized carbons (Fsp3) is 0. The molecule has 0 spiro atoms. The summed E-state index contributed by atoms with van der Waals surface area (Å²) in [6, 6.07) is 5.94. The third-order valence-corrected chi connectivity index (χ3v) is 2.43. The van der Waals surface area contributed by atoms with Gasteiger partial charge in [0.25, 0.3) is 0 Å². The van der Waals surface area contributed by atoms with E-state index in [0.717, 1.165) is 0 Å². The molecule has 2 aromatic heterocycles. The second kappa shape index (κ2) is 3.95. The molecule has 0 aliphatic heterocycles. The number of hydrogen-bond donors (Lipinski definition) is 3. The minimum absolute atomic E-state index is 0.136. The normalized spacial score (nSPS) is 10.7. The number of nitrogens with two attached hydrogens (primary N) is 1. The molecule has 0 bridgehead atoms. The molecular weight excluding hydrogens is 235 g/mol. The van der Waals surface area contributed by atoms with Gasteiger partial charge in [0.1, 0.15) is 11.6 Å². The van der Waals surface area contributed by atoms with Crippen molar-refractivity contribution in [2.45, 2.75) is 0 Å². The number of fused-ring (bicyclic) bond motifs is 1. The number of rotatable bonds is 2. The topological polar surface area (TPSA) is 92.5 Å². The molecule has 0 saturated carbocycles. The summed E-state index contributed by atoms with van der Waals surface area (Å²) in [5, 5.41) is 10.3. The summed E-state index contributed by atoms with van der Waals surface area (Å²) in [7, 11) is 0. The van der Waals surface area contributed by atoms with Crippen LogP contribution in [0.15, 0.2) is 30.5 Å². The monoisotopic (exact) mass is 244 g/mol. The van der Waals surface area contributed by atoms with E-state index < -0.39 is 0 Å². The molecule has 0 amide bonds. The lowest BCUT2D eigenvalue weighted by Crippen LogP contribution is -2.00. The fourth-order valence-corrected chi connectivity index (χ4v) is 1.62. The Kier molecular flexibility index (Phi) is 2.30. The van der Waals surface area contributed by atoms with Gasteiger partial charge in [0.2, 0.25) is 5.95 Å². The molecule has 0 fully saturated rings. The van der Waals surface area contributed by atoms with E-state index in [4.69, 9.17) is 5.73 Å². The average molecular weight is 244 g/mol. The van der Waals surface area contributed by atoms with Crippen LogP contribution in [0.1, 0.15) is 0 Å². The third-order valence-electron chi connectivity index (χ3n) is 2.43. The molecular formula is C11H9FN6.